The smallest absolute Gasteiger partial charge is 0.224 e. The zero-order valence-corrected chi connectivity index (χ0v) is 11.9. The number of aromatic nitrogens is 4. The molecule has 112 valence electrons. The fourth-order valence-corrected chi connectivity index (χ4v) is 3.13. The third-order valence-corrected chi connectivity index (χ3v) is 4.22. The van der Waals surface area contributed by atoms with Crippen LogP contribution in [0.4, 0.5) is 5.95 Å². The number of ether oxygens (including phenoxy) is 1. The van der Waals surface area contributed by atoms with Gasteiger partial charge in [0.2, 0.25) is 5.95 Å². The fraction of sp³-hybridized carbons (Fsp3) is 0.545. The Kier molecular flexibility index (Phi) is 2.78. The first-order chi connectivity index (χ1) is 10.1. The van der Waals surface area contributed by atoms with E-state index in [9.17, 15) is 10.2 Å². The molecular weight excluding hydrogens is 296 g/mol. The van der Waals surface area contributed by atoms with Crippen LogP contribution in [0.3, 0.4) is 0 Å². The van der Waals surface area contributed by atoms with E-state index in [1.165, 1.54) is 6.33 Å². The van der Waals surface area contributed by atoms with Gasteiger partial charge in [-0.3, -0.25) is 9.58 Å². The molecule has 2 aromatic heterocycles. The normalized spacial score (nSPS) is 31.5. The highest BCUT2D eigenvalue weighted by Gasteiger charge is 2.49. The van der Waals surface area contributed by atoms with E-state index in [-0.39, 0.29) is 12.6 Å². The van der Waals surface area contributed by atoms with Gasteiger partial charge in [-0.05, 0) is 0 Å². The average Bonchev–Trinajstić information content (AvgIpc) is 3.00. The number of aliphatic hydroxyl groups is 2. The summed E-state index contributed by atoms with van der Waals surface area (Å²) in [7, 11) is 1.80. The van der Waals surface area contributed by atoms with Crippen LogP contribution >= 0.6 is 12.2 Å². The molecule has 21 heavy (non-hydrogen) atoms. The Morgan fingerprint density at radius 2 is 2.33 bits per heavy atom. The summed E-state index contributed by atoms with van der Waals surface area (Å²) < 4.78 is 7.99. The maximum absolute atomic E-state index is 10.2. The number of aromatic amines is 1. The van der Waals surface area contributed by atoms with Crippen LogP contribution in [0.25, 0.3) is 11.2 Å². The Labute approximate surface area is 124 Å². The molecule has 4 N–H and O–H groups in total. The lowest BCUT2D eigenvalue weighted by atomic mass is 10.1. The minimum Gasteiger partial charge on any atom is -0.394 e. The number of H-pyrrole nitrogens is 1. The lowest BCUT2D eigenvalue weighted by Crippen LogP contribution is -2.55. The molecule has 0 radical (unpaired) electrons. The Balaban J connectivity index is 1.94. The molecule has 9 nitrogen and oxygen atoms in total. The average molecular weight is 310 g/mol. The van der Waals surface area contributed by atoms with Gasteiger partial charge in [0.1, 0.15) is 29.4 Å². The van der Waals surface area contributed by atoms with Crippen molar-refractivity contribution in [1.29, 1.82) is 0 Å². The SMILES string of the molecule is CN1N[C@H]2[C@H](O)[C@@H](CO)O[C@H]2n2c1nc1c(=S)nc[nH]c12. The van der Waals surface area contributed by atoms with Crippen molar-refractivity contribution in [3.05, 3.63) is 11.0 Å². The maximum Gasteiger partial charge on any atom is 0.224 e. The molecule has 1 saturated heterocycles. The van der Waals surface area contributed by atoms with E-state index in [0.717, 1.165) is 0 Å². The van der Waals surface area contributed by atoms with E-state index in [1.54, 1.807) is 12.1 Å². The van der Waals surface area contributed by atoms with E-state index in [1.807, 2.05) is 4.57 Å². The summed E-state index contributed by atoms with van der Waals surface area (Å²) >= 11 is 5.19. The second-order valence-electron chi connectivity index (χ2n) is 5.14. The lowest BCUT2D eigenvalue weighted by Gasteiger charge is -2.35. The topological polar surface area (TPSA) is 111 Å². The van der Waals surface area contributed by atoms with Crippen molar-refractivity contribution in [3.63, 3.8) is 0 Å². The van der Waals surface area contributed by atoms with Crippen LogP contribution in [-0.4, -0.2) is 61.6 Å². The van der Waals surface area contributed by atoms with E-state index >= 15 is 0 Å². The van der Waals surface area contributed by atoms with E-state index in [0.29, 0.717) is 21.8 Å². The third kappa shape index (κ3) is 1.67. The first-order valence-corrected chi connectivity index (χ1v) is 6.92. The quantitative estimate of drug-likeness (QED) is 0.500. The summed E-state index contributed by atoms with van der Waals surface area (Å²) in [5.74, 6) is 0.604. The molecule has 2 aliphatic heterocycles. The van der Waals surface area contributed by atoms with Crippen LogP contribution in [0.1, 0.15) is 6.23 Å². The second-order valence-corrected chi connectivity index (χ2v) is 5.53. The van der Waals surface area contributed by atoms with Gasteiger partial charge >= 0.3 is 0 Å². The zero-order chi connectivity index (χ0) is 14.7. The van der Waals surface area contributed by atoms with Crippen molar-refractivity contribution < 1.29 is 14.9 Å². The molecule has 0 bridgehead atoms. The molecule has 0 aromatic carbocycles. The maximum atomic E-state index is 10.2. The number of nitrogens with one attached hydrogen (secondary N) is 2. The van der Waals surface area contributed by atoms with Crippen LogP contribution in [0.5, 0.6) is 0 Å². The number of rotatable bonds is 1. The van der Waals surface area contributed by atoms with Crippen molar-refractivity contribution in [2.45, 2.75) is 24.5 Å². The van der Waals surface area contributed by atoms with Gasteiger partial charge in [-0.15, -0.1) is 0 Å². The molecule has 1 fully saturated rings. The van der Waals surface area contributed by atoms with Gasteiger partial charge in [0.25, 0.3) is 0 Å². The van der Waals surface area contributed by atoms with Crippen LogP contribution in [0.15, 0.2) is 6.33 Å². The Bertz CT molecular complexity index is 760. The van der Waals surface area contributed by atoms with Gasteiger partial charge in [0, 0.05) is 7.05 Å². The molecule has 4 heterocycles. The van der Waals surface area contributed by atoms with Crippen molar-refractivity contribution in [3.8, 4) is 0 Å². The van der Waals surface area contributed by atoms with Crippen molar-refractivity contribution in [1.82, 2.24) is 24.9 Å². The lowest BCUT2D eigenvalue weighted by molar-refractivity contribution is -0.0449. The number of imidazole rings is 1. The first kappa shape index (κ1) is 13.1. The monoisotopic (exact) mass is 310 g/mol. The summed E-state index contributed by atoms with van der Waals surface area (Å²) in [6.07, 6.45) is -0.445. The van der Waals surface area contributed by atoms with Crippen LogP contribution < -0.4 is 10.4 Å². The third-order valence-electron chi connectivity index (χ3n) is 3.93. The number of nitrogens with zero attached hydrogens (tertiary/aromatic N) is 4. The molecule has 0 unspecified atom stereocenters. The number of fused-ring (bicyclic) bond motifs is 5. The summed E-state index contributed by atoms with van der Waals surface area (Å²) in [6.45, 7) is -0.251. The molecule has 4 rings (SSSR count). The Morgan fingerprint density at radius 3 is 3.10 bits per heavy atom. The van der Waals surface area contributed by atoms with Gasteiger partial charge in [-0.2, -0.15) is 0 Å². The molecule has 2 aromatic rings. The molecule has 0 saturated carbocycles. The van der Waals surface area contributed by atoms with Crippen LogP contribution in [0.2, 0.25) is 0 Å². The molecule has 0 amide bonds. The van der Waals surface area contributed by atoms with E-state index < -0.39 is 18.4 Å². The number of hydrogen-bond donors (Lipinski definition) is 4. The predicted molar refractivity (Wildman–Crippen MR) is 75.0 cm³/mol. The summed E-state index contributed by atoms with van der Waals surface area (Å²) in [6, 6.07) is -0.382. The van der Waals surface area contributed by atoms with E-state index in [4.69, 9.17) is 17.0 Å². The Morgan fingerprint density at radius 1 is 1.52 bits per heavy atom. The van der Waals surface area contributed by atoms with Gasteiger partial charge in [-0.25, -0.2) is 15.4 Å². The van der Waals surface area contributed by atoms with Crippen molar-refractivity contribution in [2.24, 2.45) is 0 Å². The minimum atomic E-state index is -0.821. The van der Waals surface area contributed by atoms with Gasteiger partial charge in [0.05, 0.1) is 12.9 Å². The fourth-order valence-electron chi connectivity index (χ4n) is 2.94. The largest absolute Gasteiger partial charge is 0.394 e. The first-order valence-electron chi connectivity index (χ1n) is 6.51. The van der Waals surface area contributed by atoms with Gasteiger partial charge in [0.15, 0.2) is 10.9 Å². The molecular formula is C11H14N6O3S. The zero-order valence-electron chi connectivity index (χ0n) is 11.1. The molecule has 10 heteroatoms. The van der Waals surface area contributed by atoms with E-state index in [2.05, 4.69) is 20.4 Å². The molecule has 0 aliphatic carbocycles. The summed E-state index contributed by atoms with van der Waals surface area (Å²) in [4.78, 5) is 11.5. The molecule has 2 aliphatic rings. The van der Waals surface area contributed by atoms with Crippen molar-refractivity contribution >= 4 is 29.3 Å². The standard InChI is InChI=1S/C11H14N6O3S/c1-16-11-14-6-8(12-3-13-9(6)21)17(11)10-5(15-16)7(19)4(2-18)20-10/h3-5,7,10,15,18-19H,2H2,1H3,(H,12,13,21)/t4-,5+,7-,10-/m1/s1. The molecule has 4 atom stereocenters. The minimum absolute atomic E-state index is 0.251. The van der Waals surface area contributed by atoms with Gasteiger partial charge in [-0.1, -0.05) is 12.2 Å². The highest BCUT2D eigenvalue weighted by molar-refractivity contribution is 7.71. The van der Waals surface area contributed by atoms with Crippen molar-refractivity contribution in [2.75, 3.05) is 18.7 Å². The van der Waals surface area contributed by atoms with Crippen LogP contribution in [-0.2, 0) is 4.74 Å². The summed E-state index contributed by atoms with van der Waals surface area (Å²) in [5.41, 5.74) is 4.38. The summed E-state index contributed by atoms with van der Waals surface area (Å²) in [5, 5.41) is 21.3. The second kappa shape index (κ2) is 4.45. The van der Waals surface area contributed by atoms with Crippen LogP contribution in [0, 0.1) is 4.64 Å². The highest BCUT2D eigenvalue weighted by atomic mass is 32.1. The van der Waals surface area contributed by atoms with Gasteiger partial charge < -0.3 is 19.9 Å². The predicted octanol–water partition coefficient (Wildman–Crippen LogP) is -0.938. The number of anilines is 1. The Hall–Kier alpha value is -1.59. The number of aliphatic hydroxyl groups excluding tert-OH is 2. The highest BCUT2D eigenvalue weighted by Crippen LogP contribution is 2.38. The molecule has 0 spiro atoms. The number of hydrogen-bond acceptors (Lipinski definition) is 8. The number of hydrazine groups is 1.